The van der Waals surface area contributed by atoms with E-state index in [-0.39, 0.29) is 0 Å². The van der Waals surface area contributed by atoms with Crippen molar-refractivity contribution in [2.24, 2.45) is 0 Å². The highest BCUT2D eigenvalue weighted by Gasteiger charge is 2.18. The van der Waals surface area contributed by atoms with Gasteiger partial charge in [-0.2, -0.15) is 0 Å². The third-order valence-electron chi connectivity index (χ3n) is 4.37. The predicted molar refractivity (Wildman–Crippen MR) is 75.9 cm³/mol. The molecule has 18 heavy (non-hydrogen) atoms. The van der Waals surface area contributed by atoms with Crippen molar-refractivity contribution in [3.63, 3.8) is 0 Å². The molecule has 2 aliphatic rings. The van der Waals surface area contributed by atoms with Crippen molar-refractivity contribution in [3.8, 4) is 0 Å². The molecule has 2 saturated heterocycles. The van der Waals surface area contributed by atoms with Gasteiger partial charge in [-0.25, -0.2) is 0 Å². The van der Waals surface area contributed by atoms with E-state index in [9.17, 15) is 0 Å². The number of rotatable bonds is 3. The monoisotopic (exact) mass is 254 g/mol. The van der Waals surface area contributed by atoms with Gasteiger partial charge in [-0.3, -0.25) is 0 Å². The molecule has 2 fully saturated rings. The van der Waals surface area contributed by atoms with Crippen LogP contribution in [0.1, 0.15) is 52.4 Å². The summed E-state index contributed by atoms with van der Waals surface area (Å²) < 4.78 is 5.83. The minimum Gasteiger partial charge on any atom is -0.378 e. The molecule has 3 heteroatoms. The molecular formula is C15H30N2O. The summed E-state index contributed by atoms with van der Waals surface area (Å²) in [4.78, 5) is 2.64. The van der Waals surface area contributed by atoms with Crippen LogP contribution in [0.4, 0.5) is 0 Å². The highest BCUT2D eigenvalue weighted by Crippen LogP contribution is 2.16. The second-order valence-electron chi connectivity index (χ2n) is 6.17. The van der Waals surface area contributed by atoms with Gasteiger partial charge in [0.2, 0.25) is 0 Å². The molecule has 106 valence electrons. The molecule has 3 nitrogen and oxygen atoms in total. The molecule has 0 amide bonds. The van der Waals surface area contributed by atoms with Gasteiger partial charge in [0.15, 0.2) is 0 Å². The van der Waals surface area contributed by atoms with E-state index in [1.165, 1.54) is 58.2 Å². The predicted octanol–water partition coefficient (Wildman–Crippen LogP) is 2.41. The highest BCUT2D eigenvalue weighted by atomic mass is 16.5. The molecule has 0 aromatic carbocycles. The van der Waals surface area contributed by atoms with E-state index in [2.05, 4.69) is 24.1 Å². The lowest BCUT2D eigenvalue weighted by Crippen LogP contribution is -2.43. The number of hydrogen-bond acceptors (Lipinski definition) is 3. The van der Waals surface area contributed by atoms with Gasteiger partial charge in [0.1, 0.15) is 0 Å². The summed E-state index contributed by atoms with van der Waals surface area (Å²) in [5.74, 6) is 0. The standard InChI is InChI=1S/C15H30N2O/c1-13-6-9-17(10-7-14(2)16-13)11-8-15-5-3-4-12-18-15/h13-16H,3-12H2,1-2H3. The average molecular weight is 254 g/mol. The Morgan fingerprint density at radius 3 is 2.39 bits per heavy atom. The van der Waals surface area contributed by atoms with Crippen LogP contribution in [0, 0.1) is 0 Å². The molecule has 3 atom stereocenters. The summed E-state index contributed by atoms with van der Waals surface area (Å²) in [6.45, 7) is 9.32. The second-order valence-corrected chi connectivity index (χ2v) is 6.17. The lowest BCUT2D eigenvalue weighted by atomic mass is 10.0. The first-order valence-electron chi connectivity index (χ1n) is 7.84. The Hall–Kier alpha value is -0.120. The third-order valence-corrected chi connectivity index (χ3v) is 4.37. The summed E-state index contributed by atoms with van der Waals surface area (Å²) in [5.41, 5.74) is 0. The van der Waals surface area contributed by atoms with Crippen LogP contribution in [0.2, 0.25) is 0 Å². The minimum absolute atomic E-state index is 0.539. The lowest BCUT2D eigenvalue weighted by molar-refractivity contribution is 0.00486. The molecule has 0 radical (unpaired) electrons. The summed E-state index contributed by atoms with van der Waals surface area (Å²) >= 11 is 0. The van der Waals surface area contributed by atoms with Crippen molar-refractivity contribution < 1.29 is 4.74 Å². The number of nitrogens with zero attached hydrogens (tertiary/aromatic N) is 1. The first-order valence-corrected chi connectivity index (χ1v) is 7.84. The zero-order valence-corrected chi connectivity index (χ0v) is 12.2. The number of hydrogen-bond donors (Lipinski definition) is 1. The third kappa shape index (κ3) is 4.87. The van der Waals surface area contributed by atoms with Crippen molar-refractivity contribution in [1.29, 1.82) is 0 Å². The second kappa shape index (κ2) is 7.46. The van der Waals surface area contributed by atoms with E-state index in [4.69, 9.17) is 4.74 Å². The summed E-state index contributed by atoms with van der Waals surface area (Å²) in [6, 6.07) is 1.32. The van der Waals surface area contributed by atoms with E-state index >= 15 is 0 Å². The van der Waals surface area contributed by atoms with E-state index in [0.717, 1.165) is 6.61 Å². The molecular weight excluding hydrogens is 224 g/mol. The molecule has 2 heterocycles. The molecule has 0 bridgehead atoms. The quantitative estimate of drug-likeness (QED) is 0.837. The normalized spacial score (nSPS) is 36.0. The SMILES string of the molecule is CC1CCN(CCC2CCCCO2)CCC(C)N1. The fourth-order valence-corrected chi connectivity index (χ4v) is 3.10. The minimum atomic E-state index is 0.539. The first kappa shape index (κ1) is 14.3. The fourth-order valence-electron chi connectivity index (χ4n) is 3.10. The smallest absolute Gasteiger partial charge is 0.0587 e. The van der Waals surface area contributed by atoms with Crippen molar-refractivity contribution in [2.45, 2.75) is 70.6 Å². The van der Waals surface area contributed by atoms with Crippen LogP contribution in [0.15, 0.2) is 0 Å². The largest absolute Gasteiger partial charge is 0.378 e. The molecule has 0 spiro atoms. The van der Waals surface area contributed by atoms with Crippen molar-refractivity contribution in [3.05, 3.63) is 0 Å². The summed E-state index contributed by atoms with van der Waals surface area (Å²) in [5, 5.41) is 3.66. The fraction of sp³-hybridized carbons (Fsp3) is 1.00. The van der Waals surface area contributed by atoms with Gasteiger partial charge in [-0.15, -0.1) is 0 Å². The Morgan fingerprint density at radius 2 is 1.78 bits per heavy atom. The lowest BCUT2D eigenvalue weighted by Gasteiger charge is -2.32. The van der Waals surface area contributed by atoms with Gasteiger partial charge in [-0.05, 0) is 65.5 Å². The maximum Gasteiger partial charge on any atom is 0.0587 e. The van der Waals surface area contributed by atoms with Crippen molar-refractivity contribution in [1.82, 2.24) is 10.2 Å². The van der Waals surface area contributed by atoms with Crippen LogP contribution in [0.5, 0.6) is 0 Å². The average Bonchev–Trinajstić information content (AvgIpc) is 2.37. The van der Waals surface area contributed by atoms with Gasteiger partial charge < -0.3 is 15.0 Å². The Labute approximate surface area is 112 Å². The maximum atomic E-state index is 5.83. The van der Waals surface area contributed by atoms with E-state index in [1.54, 1.807) is 0 Å². The van der Waals surface area contributed by atoms with Crippen LogP contribution < -0.4 is 5.32 Å². The number of nitrogens with one attached hydrogen (secondary N) is 1. The molecule has 0 aliphatic carbocycles. The van der Waals surface area contributed by atoms with E-state index < -0.39 is 0 Å². The van der Waals surface area contributed by atoms with Crippen LogP contribution >= 0.6 is 0 Å². The van der Waals surface area contributed by atoms with Gasteiger partial charge in [-0.1, -0.05) is 0 Å². The number of ether oxygens (including phenoxy) is 1. The zero-order chi connectivity index (χ0) is 12.8. The molecule has 0 saturated carbocycles. The van der Waals surface area contributed by atoms with Crippen LogP contribution in [-0.4, -0.2) is 49.3 Å². The van der Waals surface area contributed by atoms with Crippen molar-refractivity contribution >= 4 is 0 Å². The molecule has 0 aromatic rings. The molecule has 3 unspecified atom stereocenters. The van der Waals surface area contributed by atoms with Crippen molar-refractivity contribution in [2.75, 3.05) is 26.2 Å². The van der Waals surface area contributed by atoms with Gasteiger partial charge >= 0.3 is 0 Å². The Bertz CT molecular complexity index is 217. The first-order chi connectivity index (χ1) is 8.74. The molecule has 2 rings (SSSR count). The Kier molecular flexibility index (Phi) is 5.93. The van der Waals surface area contributed by atoms with E-state index in [0.29, 0.717) is 18.2 Å². The van der Waals surface area contributed by atoms with E-state index in [1.807, 2.05) is 0 Å². The van der Waals surface area contributed by atoms with Crippen LogP contribution in [-0.2, 0) is 4.74 Å². The maximum absolute atomic E-state index is 5.83. The Balaban J connectivity index is 1.70. The molecule has 2 aliphatic heterocycles. The van der Waals surface area contributed by atoms with Crippen LogP contribution in [0.25, 0.3) is 0 Å². The summed E-state index contributed by atoms with van der Waals surface area (Å²) in [6.07, 6.45) is 8.23. The van der Waals surface area contributed by atoms with Gasteiger partial charge in [0.25, 0.3) is 0 Å². The van der Waals surface area contributed by atoms with Gasteiger partial charge in [0, 0.05) is 25.2 Å². The topological polar surface area (TPSA) is 24.5 Å². The molecule has 0 aromatic heterocycles. The summed E-state index contributed by atoms with van der Waals surface area (Å²) in [7, 11) is 0. The molecule has 1 N–H and O–H groups in total. The van der Waals surface area contributed by atoms with Gasteiger partial charge in [0.05, 0.1) is 6.10 Å². The van der Waals surface area contributed by atoms with Crippen LogP contribution in [0.3, 0.4) is 0 Å². The zero-order valence-electron chi connectivity index (χ0n) is 12.2. The Morgan fingerprint density at radius 1 is 1.06 bits per heavy atom. The highest BCUT2D eigenvalue weighted by molar-refractivity contribution is 4.76.